The van der Waals surface area contributed by atoms with Crippen LogP contribution in [0, 0.1) is 0 Å². The zero-order valence-electron chi connectivity index (χ0n) is 18.4. The summed E-state index contributed by atoms with van der Waals surface area (Å²) < 4.78 is 0. The lowest BCUT2D eigenvalue weighted by Crippen LogP contribution is -2.38. The van der Waals surface area contributed by atoms with Gasteiger partial charge < -0.3 is 10.6 Å². The number of amides is 1. The zero-order chi connectivity index (χ0) is 22.9. The van der Waals surface area contributed by atoms with Gasteiger partial charge in [-0.3, -0.25) is 14.6 Å². The van der Waals surface area contributed by atoms with Crippen molar-refractivity contribution in [1.29, 1.82) is 0 Å². The number of Topliss-reactive ketones (excluding diaryl/α,β-unsaturated/α-hetero) is 1. The second-order valence-corrected chi connectivity index (χ2v) is 7.98. The summed E-state index contributed by atoms with van der Waals surface area (Å²) in [5.41, 5.74) is 3.15. The van der Waals surface area contributed by atoms with E-state index >= 15 is 0 Å². The lowest BCUT2D eigenvalue weighted by Gasteiger charge is -2.19. The van der Waals surface area contributed by atoms with E-state index in [9.17, 15) is 9.59 Å². The maximum absolute atomic E-state index is 12.8. The van der Waals surface area contributed by atoms with Crippen molar-refractivity contribution in [2.24, 2.45) is 0 Å². The van der Waals surface area contributed by atoms with E-state index in [0.29, 0.717) is 29.6 Å². The molecule has 0 aliphatic rings. The highest BCUT2D eigenvalue weighted by Gasteiger charge is 2.15. The number of nitrogens with zero attached hydrogens (tertiary/aromatic N) is 1. The standard InChI is InChI=1S/C28H27N3O2/c32-26(22-11-5-2-6-12-22)20-31-24(19-21-9-3-1-4-10-21)16-18-30-28(33)25-15-7-13-23-14-8-17-29-27(23)25/h1-15,17,24,31H,16,18-20H2,(H,30,33)/t24-/m1/s1. The molecular weight excluding hydrogens is 410 g/mol. The second kappa shape index (κ2) is 11.2. The third-order valence-electron chi connectivity index (χ3n) is 5.63. The van der Waals surface area contributed by atoms with Crippen molar-refractivity contribution >= 4 is 22.6 Å². The largest absolute Gasteiger partial charge is 0.352 e. The van der Waals surface area contributed by atoms with Crippen molar-refractivity contribution in [3.05, 3.63) is 114 Å². The van der Waals surface area contributed by atoms with E-state index in [-0.39, 0.29) is 24.3 Å². The minimum absolute atomic E-state index is 0.0472. The van der Waals surface area contributed by atoms with E-state index in [0.717, 1.165) is 11.8 Å². The summed E-state index contributed by atoms with van der Waals surface area (Å²) in [6.45, 7) is 0.745. The van der Waals surface area contributed by atoms with Gasteiger partial charge in [-0.1, -0.05) is 78.9 Å². The Kier molecular flexibility index (Phi) is 7.56. The Hall–Kier alpha value is -3.83. The second-order valence-electron chi connectivity index (χ2n) is 7.98. The fraction of sp³-hybridized carbons (Fsp3) is 0.179. The average molecular weight is 438 g/mol. The molecule has 1 atom stereocenters. The number of nitrogens with one attached hydrogen (secondary N) is 2. The van der Waals surface area contributed by atoms with Crippen molar-refractivity contribution in [2.45, 2.75) is 18.9 Å². The molecule has 0 aliphatic heterocycles. The molecule has 0 unspecified atom stereocenters. The molecule has 5 nitrogen and oxygen atoms in total. The monoisotopic (exact) mass is 437 g/mol. The number of fused-ring (bicyclic) bond motifs is 1. The molecule has 166 valence electrons. The number of hydrogen-bond acceptors (Lipinski definition) is 4. The molecule has 5 heteroatoms. The number of benzene rings is 3. The Bertz CT molecular complexity index is 1200. The maximum Gasteiger partial charge on any atom is 0.253 e. The van der Waals surface area contributed by atoms with Crippen LogP contribution in [-0.4, -0.2) is 35.8 Å². The molecule has 0 bridgehead atoms. The lowest BCUT2D eigenvalue weighted by atomic mass is 10.0. The fourth-order valence-electron chi connectivity index (χ4n) is 3.88. The molecule has 1 aromatic heterocycles. The van der Waals surface area contributed by atoms with Gasteiger partial charge in [0, 0.05) is 29.7 Å². The predicted molar refractivity (Wildman–Crippen MR) is 131 cm³/mol. The van der Waals surface area contributed by atoms with Crippen LogP contribution in [0.4, 0.5) is 0 Å². The highest BCUT2D eigenvalue weighted by atomic mass is 16.1. The third-order valence-corrected chi connectivity index (χ3v) is 5.63. The summed E-state index contributed by atoms with van der Waals surface area (Å²) in [6, 6.07) is 28.9. The normalized spacial score (nSPS) is 11.8. The van der Waals surface area contributed by atoms with Gasteiger partial charge in [-0.2, -0.15) is 0 Å². The number of rotatable bonds is 10. The van der Waals surface area contributed by atoms with Gasteiger partial charge in [0.1, 0.15) is 0 Å². The molecule has 0 radical (unpaired) electrons. The van der Waals surface area contributed by atoms with E-state index in [2.05, 4.69) is 27.8 Å². The molecule has 3 aromatic carbocycles. The Morgan fingerprint density at radius 1 is 0.818 bits per heavy atom. The van der Waals surface area contributed by atoms with Crippen molar-refractivity contribution < 1.29 is 9.59 Å². The van der Waals surface area contributed by atoms with Crippen molar-refractivity contribution in [1.82, 2.24) is 15.6 Å². The topological polar surface area (TPSA) is 71.1 Å². The van der Waals surface area contributed by atoms with Gasteiger partial charge in [-0.15, -0.1) is 0 Å². The minimum Gasteiger partial charge on any atom is -0.352 e. The van der Waals surface area contributed by atoms with E-state index in [1.807, 2.05) is 72.8 Å². The summed E-state index contributed by atoms with van der Waals surface area (Å²) in [7, 11) is 0. The van der Waals surface area contributed by atoms with Crippen molar-refractivity contribution in [3.8, 4) is 0 Å². The SMILES string of the molecule is O=C(CN[C@H](CCNC(=O)c1cccc2cccnc12)Cc1ccccc1)c1ccccc1. The molecule has 2 N–H and O–H groups in total. The Balaban J connectivity index is 1.38. The van der Waals surface area contributed by atoms with Crippen LogP contribution in [0.2, 0.25) is 0 Å². The quantitative estimate of drug-likeness (QED) is 0.360. The third kappa shape index (κ3) is 6.11. The molecular formula is C28H27N3O2. The summed E-state index contributed by atoms with van der Waals surface area (Å²) >= 11 is 0. The summed E-state index contributed by atoms with van der Waals surface area (Å²) in [6.07, 6.45) is 3.16. The van der Waals surface area contributed by atoms with E-state index < -0.39 is 0 Å². The first-order valence-electron chi connectivity index (χ1n) is 11.2. The first kappa shape index (κ1) is 22.4. The van der Waals surface area contributed by atoms with Crippen LogP contribution in [0.3, 0.4) is 0 Å². The van der Waals surface area contributed by atoms with E-state index in [1.54, 1.807) is 12.3 Å². The first-order chi connectivity index (χ1) is 16.2. The number of carbonyl (C=O) groups excluding carboxylic acids is 2. The van der Waals surface area contributed by atoms with Crippen LogP contribution in [0.1, 0.15) is 32.7 Å². The van der Waals surface area contributed by atoms with Crippen LogP contribution in [0.15, 0.2) is 97.2 Å². The van der Waals surface area contributed by atoms with Crippen molar-refractivity contribution in [2.75, 3.05) is 13.1 Å². The van der Waals surface area contributed by atoms with Gasteiger partial charge in [0.25, 0.3) is 5.91 Å². The number of pyridine rings is 1. The summed E-state index contributed by atoms with van der Waals surface area (Å²) in [4.78, 5) is 29.7. The fourth-order valence-corrected chi connectivity index (χ4v) is 3.88. The number of hydrogen-bond donors (Lipinski definition) is 2. The van der Waals surface area contributed by atoms with Gasteiger partial charge in [0.15, 0.2) is 5.78 Å². The van der Waals surface area contributed by atoms with E-state index in [1.165, 1.54) is 5.56 Å². The summed E-state index contributed by atoms with van der Waals surface area (Å²) in [5, 5.41) is 7.36. The van der Waals surface area contributed by atoms with Crippen LogP contribution in [0.5, 0.6) is 0 Å². The first-order valence-corrected chi connectivity index (χ1v) is 11.2. The Labute approximate surface area is 193 Å². The highest BCUT2D eigenvalue weighted by Crippen LogP contribution is 2.16. The molecule has 0 saturated carbocycles. The maximum atomic E-state index is 12.8. The Morgan fingerprint density at radius 2 is 1.55 bits per heavy atom. The molecule has 33 heavy (non-hydrogen) atoms. The van der Waals surface area contributed by atoms with Crippen LogP contribution in [0.25, 0.3) is 10.9 Å². The number of para-hydroxylation sites is 1. The Morgan fingerprint density at radius 3 is 2.33 bits per heavy atom. The van der Waals surface area contributed by atoms with Gasteiger partial charge in [0.05, 0.1) is 17.6 Å². The van der Waals surface area contributed by atoms with E-state index in [4.69, 9.17) is 0 Å². The van der Waals surface area contributed by atoms with Gasteiger partial charge >= 0.3 is 0 Å². The lowest BCUT2D eigenvalue weighted by molar-refractivity contribution is 0.0948. The van der Waals surface area contributed by atoms with Gasteiger partial charge in [-0.25, -0.2) is 0 Å². The zero-order valence-corrected chi connectivity index (χ0v) is 18.4. The molecule has 0 saturated heterocycles. The minimum atomic E-state index is -0.141. The van der Waals surface area contributed by atoms with Crippen LogP contribution < -0.4 is 10.6 Å². The number of carbonyl (C=O) groups is 2. The number of aromatic nitrogens is 1. The predicted octanol–water partition coefficient (Wildman–Crippen LogP) is 4.44. The molecule has 0 fully saturated rings. The molecule has 4 aromatic rings. The van der Waals surface area contributed by atoms with Crippen LogP contribution >= 0.6 is 0 Å². The van der Waals surface area contributed by atoms with Crippen LogP contribution in [-0.2, 0) is 6.42 Å². The smallest absolute Gasteiger partial charge is 0.253 e. The average Bonchev–Trinajstić information content (AvgIpc) is 2.87. The molecule has 0 spiro atoms. The molecule has 0 aliphatic carbocycles. The highest BCUT2D eigenvalue weighted by molar-refractivity contribution is 6.05. The number of ketones is 1. The molecule has 4 rings (SSSR count). The molecule has 1 amide bonds. The van der Waals surface area contributed by atoms with Gasteiger partial charge in [-0.05, 0) is 30.5 Å². The van der Waals surface area contributed by atoms with Gasteiger partial charge in [0.2, 0.25) is 0 Å². The summed E-state index contributed by atoms with van der Waals surface area (Å²) in [5.74, 6) is -0.0855. The molecule has 1 heterocycles. The van der Waals surface area contributed by atoms with Crippen molar-refractivity contribution in [3.63, 3.8) is 0 Å².